The van der Waals surface area contributed by atoms with Crippen molar-refractivity contribution in [3.63, 3.8) is 0 Å². The molecule has 82 valence electrons. The summed E-state index contributed by atoms with van der Waals surface area (Å²) in [6.45, 7) is 0.613. The quantitative estimate of drug-likeness (QED) is 0.439. The van der Waals surface area contributed by atoms with Crippen molar-refractivity contribution in [1.82, 2.24) is 4.90 Å². The van der Waals surface area contributed by atoms with Gasteiger partial charge in [0, 0.05) is 6.20 Å². The van der Waals surface area contributed by atoms with E-state index in [2.05, 4.69) is 4.99 Å². The standard InChI is InChI=1S/C11H13N5/c12-10(13)15-11(14)16-6-5-8-3-1-2-4-9(8)7-16/h1-6H,7H2,(H5,12,13,14,15). The maximum absolute atomic E-state index is 7.68. The van der Waals surface area contributed by atoms with Gasteiger partial charge in [-0.05, 0) is 17.2 Å². The molecule has 0 saturated heterocycles. The highest BCUT2D eigenvalue weighted by atomic mass is 15.3. The molecule has 0 bridgehead atoms. The zero-order valence-corrected chi connectivity index (χ0v) is 8.72. The Kier molecular flexibility index (Phi) is 2.59. The first kappa shape index (κ1) is 10.2. The van der Waals surface area contributed by atoms with Crippen LogP contribution in [0.1, 0.15) is 11.1 Å². The highest BCUT2D eigenvalue weighted by Gasteiger charge is 2.12. The number of nitrogens with two attached hydrogens (primary N) is 2. The van der Waals surface area contributed by atoms with Crippen molar-refractivity contribution >= 4 is 18.0 Å². The number of fused-ring (bicyclic) bond motifs is 1. The summed E-state index contributed by atoms with van der Waals surface area (Å²) in [5.41, 5.74) is 12.8. The largest absolute Gasteiger partial charge is 0.370 e. The lowest BCUT2D eigenvalue weighted by Gasteiger charge is -2.23. The number of nitrogens with one attached hydrogen (secondary N) is 1. The molecule has 0 spiro atoms. The van der Waals surface area contributed by atoms with Crippen LogP contribution in [0.5, 0.6) is 0 Å². The third kappa shape index (κ3) is 2.03. The lowest BCUT2D eigenvalue weighted by atomic mass is 10.0. The van der Waals surface area contributed by atoms with Gasteiger partial charge in [0.2, 0.25) is 5.96 Å². The van der Waals surface area contributed by atoms with E-state index in [1.807, 2.05) is 30.3 Å². The molecular weight excluding hydrogens is 202 g/mol. The van der Waals surface area contributed by atoms with Crippen LogP contribution in [-0.4, -0.2) is 16.8 Å². The van der Waals surface area contributed by atoms with Crippen molar-refractivity contribution in [1.29, 1.82) is 5.41 Å². The summed E-state index contributed by atoms with van der Waals surface area (Å²) in [4.78, 5) is 5.39. The number of hydrogen-bond donors (Lipinski definition) is 3. The Labute approximate surface area is 93.6 Å². The van der Waals surface area contributed by atoms with E-state index >= 15 is 0 Å². The summed E-state index contributed by atoms with van der Waals surface area (Å²) >= 11 is 0. The normalized spacial score (nSPS) is 13.1. The Morgan fingerprint density at radius 3 is 2.81 bits per heavy atom. The average molecular weight is 215 g/mol. The second-order valence-corrected chi connectivity index (χ2v) is 3.50. The van der Waals surface area contributed by atoms with Gasteiger partial charge in [0.05, 0.1) is 6.54 Å². The van der Waals surface area contributed by atoms with Crippen molar-refractivity contribution in [2.45, 2.75) is 6.54 Å². The SMILES string of the molecule is N=C(N=C(N)N)N1C=Cc2ccccc2C1. The minimum atomic E-state index is -0.0998. The fourth-order valence-corrected chi connectivity index (χ4v) is 1.58. The first-order valence-corrected chi connectivity index (χ1v) is 4.88. The minimum Gasteiger partial charge on any atom is -0.370 e. The molecule has 0 saturated carbocycles. The molecule has 1 heterocycles. The predicted octanol–water partition coefficient (Wildman–Crippen LogP) is 0.681. The van der Waals surface area contributed by atoms with Crippen LogP contribution in [-0.2, 0) is 6.54 Å². The topological polar surface area (TPSA) is 91.5 Å². The molecule has 1 aromatic rings. The Morgan fingerprint density at radius 1 is 1.31 bits per heavy atom. The first-order chi connectivity index (χ1) is 7.66. The molecule has 16 heavy (non-hydrogen) atoms. The summed E-state index contributed by atoms with van der Waals surface area (Å²) in [7, 11) is 0. The summed E-state index contributed by atoms with van der Waals surface area (Å²) in [6, 6.07) is 8.02. The van der Waals surface area contributed by atoms with E-state index in [1.54, 1.807) is 11.1 Å². The number of benzene rings is 1. The second kappa shape index (κ2) is 4.06. The van der Waals surface area contributed by atoms with Crippen molar-refractivity contribution in [3.8, 4) is 0 Å². The van der Waals surface area contributed by atoms with Crippen molar-refractivity contribution in [2.24, 2.45) is 16.5 Å². The van der Waals surface area contributed by atoms with E-state index in [1.165, 1.54) is 0 Å². The second-order valence-electron chi connectivity index (χ2n) is 3.50. The molecule has 0 aliphatic carbocycles. The Morgan fingerprint density at radius 2 is 2.06 bits per heavy atom. The monoisotopic (exact) mass is 215 g/mol. The first-order valence-electron chi connectivity index (χ1n) is 4.88. The molecule has 1 aliphatic heterocycles. The number of rotatable bonds is 0. The van der Waals surface area contributed by atoms with Crippen LogP contribution in [0.4, 0.5) is 0 Å². The van der Waals surface area contributed by atoms with E-state index in [9.17, 15) is 0 Å². The highest BCUT2D eigenvalue weighted by molar-refractivity contribution is 5.92. The fraction of sp³-hybridized carbons (Fsp3) is 0.0909. The Bertz CT molecular complexity index is 471. The summed E-state index contributed by atoms with van der Waals surface area (Å²) in [5.74, 6) is -0.0528. The zero-order valence-electron chi connectivity index (χ0n) is 8.72. The smallest absolute Gasteiger partial charge is 0.225 e. The molecule has 0 radical (unpaired) electrons. The van der Waals surface area contributed by atoms with Crippen LogP contribution < -0.4 is 11.5 Å². The van der Waals surface area contributed by atoms with Gasteiger partial charge in [-0.3, -0.25) is 5.41 Å². The summed E-state index contributed by atoms with van der Waals surface area (Å²) in [6.07, 6.45) is 3.74. The summed E-state index contributed by atoms with van der Waals surface area (Å²) in [5, 5.41) is 7.68. The maximum Gasteiger partial charge on any atom is 0.225 e. The van der Waals surface area contributed by atoms with Crippen LogP contribution in [0.3, 0.4) is 0 Å². The van der Waals surface area contributed by atoms with Crippen LogP contribution in [0.25, 0.3) is 6.08 Å². The predicted molar refractivity (Wildman–Crippen MR) is 64.6 cm³/mol. The zero-order chi connectivity index (χ0) is 11.5. The number of guanidine groups is 2. The number of nitrogens with zero attached hydrogens (tertiary/aromatic N) is 2. The van der Waals surface area contributed by atoms with Gasteiger partial charge in [0.15, 0.2) is 5.96 Å². The van der Waals surface area contributed by atoms with Gasteiger partial charge in [0.1, 0.15) is 0 Å². The van der Waals surface area contributed by atoms with Gasteiger partial charge in [0.25, 0.3) is 0 Å². The van der Waals surface area contributed by atoms with Crippen LogP contribution >= 0.6 is 0 Å². The molecule has 1 aliphatic rings. The van der Waals surface area contributed by atoms with Gasteiger partial charge in [-0.1, -0.05) is 24.3 Å². The maximum atomic E-state index is 7.68. The molecule has 0 amide bonds. The Balaban J connectivity index is 2.21. The van der Waals surface area contributed by atoms with Gasteiger partial charge < -0.3 is 16.4 Å². The minimum absolute atomic E-state index is 0.0470. The van der Waals surface area contributed by atoms with Crippen LogP contribution in [0.15, 0.2) is 35.5 Å². The van der Waals surface area contributed by atoms with E-state index in [0.29, 0.717) is 6.54 Å². The van der Waals surface area contributed by atoms with E-state index < -0.39 is 0 Å². The average Bonchev–Trinajstić information content (AvgIpc) is 2.27. The van der Waals surface area contributed by atoms with Gasteiger partial charge in [-0.15, -0.1) is 0 Å². The molecule has 1 aromatic carbocycles. The number of aliphatic imine (C=N–C) groups is 1. The van der Waals surface area contributed by atoms with Crippen LogP contribution in [0.2, 0.25) is 0 Å². The lowest BCUT2D eigenvalue weighted by Crippen LogP contribution is -2.30. The van der Waals surface area contributed by atoms with E-state index in [-0.39, 0.29) is 11.9 Å². The molecular formula is C11H13N5. The van der Waals surface area contributed by atoms with Gasteiger partial charge in [-0.25, -0.2) is 0 Å². The van der Waals surface area contributed by atoms with Crippen molar-refractivity contribution in [3.05, 3.63) is 41.6 Å². The van der Waals surface area contributed by atoms with E-state index in [0.717, 1.165) is 11.1 Å². The van der Waals surface area contributed by atoms with Crippen LogP contribution in [0, 0.1) is 5.41 Å². The lowest BCUT2D eigenvalue weighted by molar-refractivity contribution is 0.538. The fourth-order valence-electron chi connectivity index (χ4n) is 1.58. The number of hydrogen-bond acceptors (Lipinski definition) is 1. The van der Waals surface area contributed by atoms with Crippen molar-refractivity contribution in [2.75, 3.05) is 0 Å². The molecule has 2 rings (SSSR count). The van der Waals surface area contributed by atoms with Crippen molar-refractivity contribution < 1.29 is 0 Å². The molecule has 5 nitrogen and oxygen atoms in total. The molecule has 0 unspecified atom stereocenters. The van der Waals surface area contributed by atoms with Gasteiger partial charge in [-0.2, -0.15) is 4.99 Å². The van der Waals surface area contributed by atoms with E-state index in [4.69, 9.17) is 16.9 Å². The molecule has 5 N–H and O–H groups in total. The highest BCUT2D eigenvalue weighted by Crippen LogP contribution is 2.19. The van der Waals surface area contributed by atoms with Gasteiger partial charge >= 0.3 is 0 Å². The third-order valence-corrected chi connectivity index (χ3v) is 2.34. The molecule has 5 heteroatoms. The molecule has 0 fully saturated rings. The molecule has 0 aromatic heterocycles. The Hall–Kier alpha value is -2.30. The third-order valence-electron chi connectivity index (χ3n) is 2.34. The summed E-state index contributed by atoms with van der Waals surface area (Å²) < 4.78 is 0. The molecule has 0 atom stereocenters.